The minimum Gasteiger partial charge on any atom is -0.341 e. The van der Waals surface area contributed by atoms with Crippen molar-refractivity contribution in [2.45, 2.75) is 50.1 Å². The number of aryl methyl sites for hydroxylation is 1. The second-order valence-corrected chi connectivity index (χ2v) is 11.0. The van der Waals surface area contributed by atoms with E-state index < -0.39 is 21.7 Å². The maximum atomic E-state index is 13.3. The summed E-state index contributed by atoms with van der Waals surface area (Å²) >= 11 is 0. The molecular weight excluding hydrogens is 454 g/mol. The highest BCUT2D eigenvalue weighted by Crippen LogP contribution is 2.34. The van der Waals surface area contributed by atoms with Gasteiger partial charge in [0.25, 0.3) is 11.7 Å². The molecule has 4 rings (SSSR count). The summed E-state index contributed by atoms with van der Waals surface area (Å²) in [6.45, 7) is 4.07. The quantitative estimate of drug-likeness (QED) is 0.564. The van der Waals surface area contributed by atoms with Crippen LogP contribution in [-0.2, 0) is 26.0 Å². The molecule has 2 aliphatic heterocycles. The van der Waals surface area contributed by atoms with Gasteiger partial charge in [0.2, 0.25) is 15.9 Å². The van der Waals surface area contributed by atoms with E-state index in [0.717, 1.165) is 5.56 Å². The van der Waals surface area contributed by atoms with Crippen molar-refractivity contribution in [1.82, 2.24) is 9.21 Å². The Balaban J connectivity index is 1.45. The molecule has 0 saturated carbocycles. The van der Waals surface area contributed by atoms with Gasteiger partial charge in [0.05, 0.1) is 16.1 Å². The maximum Gasteiger partial charge on any atom is 0.299 e. The molecule has 0 aromatic heterocycles. The van der Waals surface area contributed by atoms with E-state index >= 15 is 0 Å². The number of hydrogen-bond acceptors (Lipinski definition) is 5. The van der Waals surface area contributed by atoms with Crippen molar-refractivity contribution in [3.63, 3.8) is 0 Å². The van der Waals surface area contributed by atoms with Gasteiger partial charge in [-0.05, 0) is 50.5 Å². The van der Waals surface area contributed by atoms with Gasteiger partial charge in [-0.15, -0.1) is 0 Å². The highest BCUT2D eigenvalue weighted by molar-refractivity contribution is 7.89. The molecular formula is C25H29N3O5S. The van der Waals surface area contributed by atoms with Gasteiger partial charge in [-0.1, -0.05) is 30.3 Å². The third kappa shape index (κ3) is 4.37. The first-order valence-corrected chi connectivity index (χ1v) is 12.9. The van der Waals surface area contributed by atoms with Crippen LogP contribution in [0.4, 0.5) is 5.69 Å². The molecule has 9 heteroatoms. The van der Waals surface area contributed by atoms with Crippen molar-refractivity contribution < 1.29 is 22.8 Å². The Labute approximate surface area is 200 Å². The summed E-state index contributed by atoms with van der Waals surface area (Å²) in [4.78, 5) is 40.5. The molecule has 2 heterocycles. The number of fused-ring (bicyclic) bond motifs is 1. The zero-order chi connectivity index (χ0) is 24.6. The lowest BCUT2D eigenvalue weighted by atomic mass is 10.1. The second-order valence-electron chi connectivity index (χ2n) is 9.07. The minimum atomic E-state index is -3.87. The van der Waals surface area contributed by atoms with Crippen LogP contribution in [0.3, 0.4) is 0 Å². The van der Waals surface area contributed by atoms with Crippen LogP contribution in [0.2, 0.25) is 0 Å². The van der Waals surface area contributed by atoms with Crippen LogP contribution in [0.5, 0.6) is 0 Å². The molecule has 0 bridgehead atoms. The normalized spacial score (nSPS) is 18.6. The van der Waals surface area contributed by atoms with E-state index in [4.69, 9.17) is 0 Å². The number of likely N-dealkylation sites (N-methyl/N-ethyl adjacent to an activating group) is 1. The number of anilines is 1. The predicted molar refractivity (Wildman–Crippen MR) is 128 cm³/mol. The summed E-state index contributed by atoms with van der Waals surface area (Å²) in [5.74, 6) is -1.36. The molecule has 1 fully saturated rings. The van der Waals surface area contributed by atoms with Gasteiger partial charge in [0.1, 0.15) is 0 Å². The molecule has 0 radical (unpaired) electrons. The summed E-state index contributed by atoms with van der Waals surface area (Å²) in [5.41, 5.74) is 1.64. The highest BCUT2D eigenvalue weighted by atomic mass is 32.2. The highest BCUT2D eigenvalue weighted by Gasteiger charge is 2.40. The first kappa shape index (κ1) is 24.1. The number of nitrogens with zero attached hydrogens (tertiary/aromatic N) is 3. The third-order valence-corrected chi connectivity index (χ3v) is 8.44. The van der Waals surface area contributed by atoms with E-state index in [1.54, 1.807) is 25.8 Å². The van der Waals surface area contributed by atoms with Crippen LogP contribution < -0.4 is 4.90 Å². The fraction of sp³-hybridized carbons (Fsp3) is 0.400. The first-order chi connectivity index (χ1) is 16.1. The van der Waals surface area contributed by atoms with Crippen LogP contribution in [-0.4, -0.2) is 67.4 Å². The Hall–Kier alpha value is -3.04. The van der Waals surface area contributed by atoms with Gasteiger partial charge in [-0.2, -0.15) is 4.31 Å². The lowest BCUT2D eigenvalue weighted by Gasteiger charge is -2.25. The Bertz CT molecular complexity index is 1230. The SMILES string of the molecule is CC(C)N1C(=O)C(=O)c2cc(S(=O)(=O)N3CCC(N(C)C(=O)CCc4ccccc4)C3)ccc21. The standard InChI is InChI=1S/C25H29N3O5S/c1-17(2)28-22-11-10-20(15-21(22)24(30)25(28)31)34(32,33)27-14-13-19(16-27)26(3)23(29)12-9-18-7-5-4-6-8-18/h4-8,10-11,15,17,19H,9,12-14,16H2,1-3H3. The van der Waals surface area contributed by atoms with E-state index in [1.165, 1.54) is 27.4 Å². The van der Waals surface area contributed by atoms with Crippen molar-refractivity contribution in [2.24, 2.45) is 0 Å². The number of amides is 2. The summed E-state index contributed by atoms with van der Waals surface area (Å²) < 4.78 is 27.9. The van der Waals surface area contributed by atoms with Gasteiger partial charge >= 0.3 is 0 Å². The van der Waals surface area contributed by atoms with Crippen LogP contribution in [0.1, 0.15) is 42.6 Å². The summed E-state index contributed by atoms with van der Waals surface area (Å²) in [7, 11) is -2.16. The molecule has 1 atom stereocenters. The number of carbonyl (C=O) groups is 3. The predicted octanol–water partition coefficient (Wildman–Crippen LogP) is 2.48. The van der Waals surface area contributed by atoms with E-state index in [9.17, 15) is 22.8 Å². The number of rotatable bonds is 7. The van der Waals surface area contributed by atoms with Gasteiger partial charge < -0.3 is 9.80 Å². The molecule has 2 aliphatic rings. The zero-order valence-corrected chi connectivity index (χ0v) is 20.4. The zero-order valence-electron chi connectivity index (χ0n) is 19.6. The molecule has 34 heavy (non-hydrogen) atoms. The van der Waals surface area contributed by atoms with Crippen molar-refractivity contribution in [1.29, 1.82) is 0 Å². The van der Waals surface area contributed by atoms with Gasteiger partial charge in [0, 0.05) is 38.6 Å². The fourth-order valence-electron chi connectivity index (χ4n) is 4.58. The third-order valence-electron chi connectivity index (χ3n) is 6.58. The topological polar surface area (TPSA) is 95.1 Å². The molecule has 2 aromatic carbocycles. The smallest absolute Gasteiger partial charge is 0.299 e. The monoisotopic (exact) mass is 483 g/mol. The van der Waals surface area contributed by atoms with Crippen LogP contribution in [0.25, 0.3) is 0 Å². The number of hydrogen-bond donors (Lipinski definition) is 0. The number of sulfonamides is 1. The Morgan fingerprint density at radius 2 is 1.82 bits per heavy atom. The second kappa shape index (κ2) is 9.31. The molecule has 1 unspecified atom stereocenters. The average Bonchev–Trinajstić information content (AvgIpc) is 3.42. The molecule has 0 aliphatic carbocycles. The Morgan fingerprint density at radius 3 is 2.50 bits per heavy atom. The molecule has 1 saturated heterocycles. The van der Waals surface area contributed by atoms with E-state index in [2.05, 4.69) is 0 Å². The lowest BCUT2D eigenvalue weighted by molar-refractivity contribution is -0.131. The molecule has 0 spiro atoms. The summed E-state index contributed by atoms with van der Waals surface area (Å²) in [6, 6.07) is 13.6. The van der Waals surface area contributed by atoms with Crippen LogP contribution in [0.15, 0.2) is 53.4 Å². The molecule has 180 valence electrons. The van der Waals surface area contributed by atoms with Crippen molar-refractivity contribution in [2.75, 3.05) is 25.0 Å². The van der Waals surface area contributed by atoms with E-state index in [0.29, 0.717) is 24.9 Å². The molecule has 0 N–H and O–H groups in total. The van der Waals surface area contributed by atoms with Gasteiger partial charge in [0.15, 0.2) is 0 Å². The summed E-state index contributed by atoms with van der Waals surface area (Å²) in [6.07, 6.45) is 1.53. The van der Waals surface area contributed by atoms with E-state index in [1.807, 2.05) is 30.3 Å². The van der Waals surface area contributed by atoms with Crippen molar-refractivity contribution in [3.8, 4) is 0 Å². The summed E-state index contributed by atoms with van der Waals surface area (Å²) in [5, 5.41) is 0. The number of benzene rings is 2. The molecule has 2 amide bonds. The Morgan fingerprint density at radius 1 is 1.12 bits per heavy atom. The molecule has 8 nitrogen and oxygen atoms in total. The van der Waals surface area contributed by atoms with Gasteiger partial charge in [-0.3, -0.25) is 14.4 Å². The fourth-order valence-corrected chi connectivity index (χ4v) is 6.10. The van der Waals surface area contributed by atoms with Crippen LogP contribution >= 0.6 is 0 Å². The molecule has 2 aromatic rings. The van der Waals surface area contributed by atoms with E-state index in [-0.39, 0.29) is 41.5 Å². The number of Topliss-reactive ketones (excluding diaryl/α,β-unsaturated/α-hetero) is 1. The van der Waals surface area contributed by atoms with Crippen molar-refractivity contribution in [3.05, 3.63) is 59.7 Å². The minimum absolute atomic E-state index is 0.0169. The first-order valence-electron chi connectivity index (χ1n) is 11.4. The van der Waals surface area contributed by atoms with Crippen molar-refractivity contribution >= 4 is 33.3 Å². The number of ketones is 1. The van der Waals surface area contributed by atoms with Crippen LogP contribution in [0, 0.1) is 0 Å². The van der Waals surface area contributed by atoms with Gasteiger partial charge in [-0.25, -0.2) is 8.42 Å². The largest absolute Gasteiger partial charge is 0.341 e. The lowest BCUT2D eigenvalue weighted by Crippen LogP contribution is -2.40. The number of carbonyl (C=O) groups excluding carboxylic acids is 3. The Kier molecular flexibility index (Phi) is 6.60. The maximum absolute atomic E-state index is 13.3. The average molecular weight is 484 g/mol.